The molecule has 2 unspecified atom stereocenters. The summed E-state index contributed by atoms with van der Waals surface area (Å²) in [6.07, 6.45) is 0.385. The van der Waals surface area contributed by atoms with E-state index in [1.807, 2.05) is 56.3 Å². The predicted molar refractivity (Wildman–Crippen MR) is 121 cm³/mol. The van der Waals surface area contributed by atoms with Crippen LogP contribution in [-0.4, -0.2) is 51.4 Å². The largest absolute Gasteiger partial charge is 0.486 e. The number of aliphatic hydroxyl groups excluding tert-OH is 2. The Bertz CT molecular complexity index is 1050. The van der Waals surface area contributed by atoms with Gasteiger partial charge in [-0.3, -0.25) is 4.99 Å². The first-order chi connectivity index (χ1) is 14.6. The van der Waals surface area contributed by atoms with Gasteiger partial charge in [-0.05, 0) is 44.5 Å². The fraction of sp³-hybridized carbons (Fsp3) is 0.348. The zero-order valence-corrected chi connectivity index (χ0v) is 17.9. The standard InChI is InChI=1S/C23H26N2O4S/c1-14-3-5-17(6-4-14)29-18-9-16-10-20(23-24-12-19(30-23)7-8-26)25-22(16)21(11-18)28-15(2)13-27/h3-6,9-11,15,19,25-27H,7-8,12-13H2,1-2H3. The quantitative estimate of drug-likeness (QED) is 0.501. The average Bonchev–Trinajstić information content (AvgIpc) is 3.37. The second-order valence-electron chi connectivity index (χ2n) is 7.49. The monoisotopic (exact) mass is 426 g/mol. The van der Waals surface area contributed by atoms with Crippen molar-refractivity contribution in [3.8, 4) is 17.2 Å². The highest BCUT2D eigenvalue weighted by Crippen LogP contribution is 2.36. The molecule has 4 rings (SSSR count). The van der Waals surface area contributed by atoms with E-state index in [4.69, 9.17) is 9.47 Å². The van der Waals surface area contributed by atoms with Gasteiger partial charge in [-0.15, -0.1) is 0 Å². The lowest BCUT2D eigenvalue weighted by molar-refractivity contribution is 0.131. The molecule has 0 saturated heterocycles. The van der Waals surface area contributed by atoms with Crippen LogP contribution in [-0.2, 0) is 0 Å². The van der Waals surface area contributed by atoms with Crippen LogP contribution in [0.15, 0.2) is 47.5 Å². The van der Waals surface area contributed by atoms with Crippen LogP contribution >= 0.6 is 11.8 Å². The number of thioether (sulfide) groups is 1. The summed E-state index contributed by atoms with van der Waals surface area (Å²) in [6, 6.07) is 13.7. The van der Waals surface area contributed by atoms with E-state index in [9.17, 15) is 10.2 Å². The third kappa shape index (κ3) is 4.64. The summed E-state index contributed by atoms with van der Waals surface area (Å²) in [4.78, 5) is 8.05. The van der Waals surface area contributed by atoms with E-state index in [1.54, 1.807) is 11.8 Å². The summed E-state index contributed by atoms with van der Waals surface area (Å²) in [6.45, 7) is 4.66. The van der Waals surface area contributed by atoms with E-state index < -0.39 is 0 Å². The Balaban J connectivity index is 1.67. The highest BCUT2D eigenvalue weighted by molar-refractivity contribution is 8.15. The molecule has 0 spiro atoms. The molecule has 158 valence electrons. The van der Waals surface area contributed by atoms with Gasteiger partial charge < -0.3 is 24.7 Å². The van der Waals surface area contributed by atoms with Crippen LogP contribution < -0.4 is 9.47 Å². The van der Waals surface area contributed by atoms with Gasteiger partial charge in [0, 0.05) is 23.3 Å². The molecule has 1 aromatic heterocycles. The van der Waals surface area contributed by atoms with E-state index in [2.05, 4.69) is 9.98 Å². The number of aryl methyl sites for hydroxylation is 1. The highest BCUT2D eigenvalue weighted by atomic mass is 32.2. The van der Waals surface area contributed by atoms with Gasteiger partial charge in [0.1, 0.15) is 28.4 Å². The Morgan fingerprint density at radius 3 is 2.70 bits per heavy atom. The number of fused-ring (bicyclic) bond motifs is 1. The number of benzene rings is 2. The first kappa shape index (κ1) is 20.8. The number of rotatable bonds is 8. The highest BCUT2D eigenvalue weighted by Gasteiger charge is 2.22. The number of aliphatic imine (C=N–C) groups is 1. The molecule has 0 bridgehead atoms. The summed E-state index contributed by atoms with van der Waals surface area (Å²) in [5.41, 5.74) is 2.93. The molecule has 3 aromatic rings. The van der Waals surface area contributed by atoms with Crippen LogP contribution in [0.1, 0.15) is 24.6 Å². The van der Waals surface area contributed by atoms with Gasteiger partial charge in [0.15, 0.2) is 0 Å². The molecule has 0 amide bonds. The first-order valence-corrected chi connectivity index (χ1v) is 10.9. The number of hydrogen-bond donors (Lipinski definition) is 3. The van der Waals surface area contributed by atoms with E-state index >= 15 is 0 Å². The van der Waals surface area contributed by atoms with Crippen molar-refractivity contribution in [3.63, 3.8) is 0 Å². The average molecular weight is 427 g/mol. The van der Waals surface area contributed by atoms with E-state index in [1.165, 1.54) is 5.56 Å². The normalized spacial score (nSPS) is 17.2. The summed E-state index contributed by atoms with van der Waals surface area (Å²) in [7, 11) is 0. The smallest absolute Gasteiger partial charge is 0.147 e. The van der Waals surface area contributed by atoms with Crippen LogP contribution in [0.5, 0.6) is 17.2 Å². The molecular weight excluding hydrogens is 400 g/mol. The van der Waals surface area contributed by atoms with Crippen LogP contribution in [0, 0.1) is 6.92 Å². The summed E-state index contributed by atoms with van der Waals surface area (Å²) in [5.74, 6) is 2.04. The van der Waals surface area contributed by atoms with Crippen LogP contribution in [0.2, 0.25) is 0 Å². The van der Waals surface area contributed by atoms with Crippen molar-refractivity contribution >= 4 is 27.7 Å². The molecule has 7 heteroatoms. The van der Waals surface area contributed by atoms with E-state index in [0.29, 0.717) is 23.3 Å². The Hall–Kier alpha value is -2.48. The minimum atomic E-state index is -0.346. The predicted octanol–water partition coefficient (Wildman–Crippen LogP) is 4.27. The van der Waals surface area contributed by atoms with Crippen molar-refractivity contribution in [1.29, 1.82) is 0 Å². The Labute approximate surface area is 179 Å². The fourth-order valence-corrected chi connectivity index (χ4v) is 4.38. The third-order valence-electron chi connectivity index (χ3n) is 4.91. The number of aromatic nitrogens is 1. The molecule has 2 atom stereocenters. The molecule has 30 heavy (non-hydrogen) atoms. The van der Waals surface area contributed by atoms with Gasteiger partial charge >= 0.3 is 0 Å². The maximum atomic E-state index is 9.45. The van der Waals surface area contributed by atoms with Crippen LogP contribution in [0.25, 0.3) is 10.9 Å². The van der Waals surface area contributed by atoms with Crippen molar-refractivity contribution < 1.29 is 19.7 Å². The third-order valence-corrected chi connectivity index (χ3v) is 6.20. The summed E-state index contributed by atoms with van der Waals surface area (Å²) >= 11 is 1.68. The van der Waals surface area contributed by atoms with Crippen molar-refractivity contribution in [2.75, 3.05) is 19.8 Å². The van der Waals surface area contributed by atoms with Crippen molar-refractivity contribution in [2.24, 2.45) is 4.99 Å². The van der Waals surface area contributed by atoms with Crippen LogP contribution in [0.3, 0.4) is 0 Å². The zero-order chi connectivity index (χ0) is 21.1. The lowest BCUT2D eigenvalue weighted by atomic mass is 10.2. The van der Waals surface area contributed by atoms with E-state index in [-0.39, 0.29) is 19.3 Å². The molecule has 2 aromatic carbocycles. The maximum absolute atomic E-state index is 9.45. The van der Waals surface area contributed by atoms with E-state index in [0.717, 1.165) is 33.8 Å². The van der Waals surface area contributed by atoms with Crippen molar-refractivity contribution in [1.82, 2.24) is 4.98 Å². The number of H-pyrrole nitrogens is 1. The number of nitrogens with one attached hydrogen (secondary N) is 1. The Morgan fingerprint density at radius 2 is 1.97 bits per heavy atom. The lowest BCUT2D eigenvalue weighted by Crippen LogP contribution is -2.16. The molecule has 0 aliphatic carbocycles. The van der Waals surface area contributed by atoms with Crippen LogP contribution in [0.4, 0.5) is 0 Å². The van der Waals surface area contributed by atoms with Gasteiger partial charge in [0.2, 0.25) is 0 Å². The summed E-state index contributed by atoms with van der Waals surface area (Å²) < 4.78 is 12.0. The number of aromatic amines is 1. The topological polar surface area (TPSA) is 87.1 Å². The number of hydrogen-bond acceptors (Lipinski definition) is 6. The molecule has 0 fully saturated rings. The molecule has 0 saturated carbocycles. The maximum Gasteiger partial charge on any atom is 0.147 e. The first-order valence-electron chi connectivity index (χ1n) is 10.1. The summed E-state index contributed by atoms with van der Waals surface area (Å²) in [5, 5.41) is 20.8. The molecular formula is C23H26N2O4S. The zero-order valence-electron chi connectivity index (χ0n) is 17.1. The molecule has 1 aliphatic rings. The van der Waals surface area contributed by atoms with Gasteiger partial charge in [-0.1, -0.05) is 29.5 Å². The Morgan fingerprint density at radius 1 is 1.17 bits per heavy atom. The van der Waals surface area contributed by atoms with Gasteiger partial charge in [-0.2, -0.15) is 0 Å². The minimum absolute atomic E-state index is 0.0799. The Kier molecular flexibility index (Phi) is 6.32. The molecule has 3 N–H and O–H groups in total. The number of aliphatic hydroxyl groups is 2. The molecule has 2 heterocycles. The lowest BCUT2D eigenvalue weighted by Gasteiger charge is -2.14. The molecule has 1 aliphatic heterocycles. The SMILES string of the molecule is Cc1ccc(Oc2cc(OC(C)CO)c3[nH]c(C4=NCC(CCO)S4)cc3c2)cc1. The number of nitrogens with zero attached hydrogens (tertiary/aromatic N) is 1. The van der Waals surface area contributed by atoms with Gasteiger partial charge in [0.05, 0.1) is 24.4 Å². The minimum Gasteiger partial charge on any atom is -0.486 e. The van der Waals surface area contributed by atoms with Crippen molar-refractivity contribution in [2.45, 2.75) is 31.6 Å². The molecule has 6 nitrogen and oxygen atoms in total. The molecule has 0 radical (unpaired) electrons. The van der Waals surface area contributed by atoms with Gasteiger partial charge in [-0.25, -0.2) is 0 Å². The van der Waals surface area contributed by atoms with Crippen molar-refractivity contribution in [3.05, 3.63) is 53.7 Å². The number of ether oxygens (including phenoxy) is 2. The fourth-order valence-electron chi connectivity index (χ4n) is 3.31. The second kappa shape index (κ2) is 9.12. The second-order valence-corrected chi connectivity index (χ2v) is 8.78. The van der Waals surface area contributed by atoms with Gasteiger partial charge in [0.25, 0.3) is 0 Å².